The average Bonchev–Trinajstić information content (AvgIpc) is 2.89. The molecule has 0 atom stereocenters. The van der Waals surface area contributed by atoms with E-state index in [-0.39, 0.29) is 18.4 Å². The van der Waals surface area contributed by atoms with Gasteiger partial charge in [-0.15, -0.1) is 11.8 Å². The van der Waals surface area contributed by atoms with E-state index in [4.69, 9.17) is 9.47 Å². The number of benzene rings is 3. The minimum atomic E-state index is -0.169. The molecule has 0 aliphatic heterocycles. The topological polar surface area (TPSA) is 89.0 Å². The molecule has 0 saturated heterocycles. The minimum Gasteiger partial charge on any atom is -0.497 e. The highest BCUT2D eigenvalue weighted by Crippen LogP contribution is 2.16. The van der Waals surface area contributed by atoms with E-state index >= 15 is 0 Å². The highest BCUT2D eigenvalue weighted by atomic mass is 32.2. The predicted molar refractivity (Wildman–Crippen MR) is 140 cm³/mol. The molecule has 0 aliphatic rings. The first-order valence-corrected chi connectivity index (χ1v) is 12.3. The van der Waals surface area contributed by atoms with E-state index in [0.717, 1.165) is 29.1 Å². The fourth-order valence-electron chi connectivity index (χ4n) is 3.04. The summed E-state index contributed by atoms with van der Waals surface area (Å²) in [6.45, 7) is 0.514. The number of hydrogen-bond acceptors (Lipinski definition) is 6. The van der Waals surface area contributed by atoms with Gasteiger partial charge in [0.2, 0.25) is 5.91 Å². The van der Waals surface area contributed by atoms with Crippen molar-refractivity contribution in [3.05, 3.63) is 95.6 Å². The summed E-state index contributed by atoms with van der Waals surface area (Å²) in [5, 5.41) is 6.84. The molecule has 3 aromatic rings. The quantitative estimate of drug-likeness (QED) is 0.280. The van der Waals surface area contributed by atoms with Crippen LogP contribution in [0.4, 0.5) is 0 Å². The lowest BCUT2D eigenvalue weighted by molar-refractivity contribution is -0.123. The summed E-state index contributed by atoms with van der Waals surface area (Å²) in [6.07, 6.45) is 2.34. The summed E-state index contributed by atoms with van der Waals surface area (Å²) in [6, 6.07) is 24.9. The smallest absolute Gasteiger partial charge is 0.257 e. The van der Waals surface area contributed by atoms with Gasteiger partial charge in [0.15, 0.2) is 6.61 Å². The third-order valence-corrected chi connectivity index (χ3v) is 5.90. The van der Waals surface area contributed by atoms with Crippen LogP contribution >= 0.6 is 11.8 Å². The lowest BCUT2D eigenvalue weighted by Crippen LogP contribution is -2.30. The Hall–Kier alpha value is -3.78. The van der Waals surface area contributed by atoms with Crippen LogP contribution in [0.5, 0.6) is 11.5 Å². The van der Waals surface area contributed by atoms with E-state index in [1.165, 1.54) is 17.3 Å². The molecule has 0 saturated carbocycles. The summed E-state index contributed by atoms with van der Waals surface area (Å²) >= 11 is 1.51. The van der Waals surface area contributed by atoms with Crippen molar-refractivity contribution in [2.75, 3.05) is 26.0 Å². The fraction of sp³-hybridized carbons (Fsp3) is 0.222. The first-order chi connectivity index (χ1) is 17.1. The lowest BCUT2D eigenvalue weighted by Gasteiger charge is -2.08. The van der Waals surface area contributed by atoms with Crippen molar-refractivity contribution in [2.45, 2.75) is 12.2 Å². The van der Waals surface area contributed by atoms with Gasteiger partial charge in [0.05, 0.1) is 19.1 Å². The zero-order chi connectivity index (χ0) is 24.7. The molecule has 0 unspecified atom stereocenters. The van der Waals surface area contributed by atoms with Crippen LogP contribution in [0.2, 0.25) is 0 Å². The second kappa shape index (κ2) is 14.5. The molecule has 2 amide bonds. The van der Waals surface area contributed by atoms with Crippen molar-refractivity contribution >= 4 is 29.8 Å². The number of hydrazone groups is 1. The Balaban J connectivity index is 1.29. The van der Waals surface area contributed by atoms with Gasteiger partial charge in [-0.1, -0.05) is 42.5 Å². The number of nitrogens with one attached hydrogen (secondary N) is 2. The van der Waals surface area contributed by atoms with Gasteiger partial charge in [-0.05, 0) is 59.5 Å². The first kappa shape index (κ1) is 25.8. The first-order valence-electron chi connectivity index (χ1n) is 11.2. The normalized spacial score (nSPS) is 10.7. The van der Waals surface area contributed by atoms with Gasteiger partial charge < -0.3 is 14.8 Å². The van der Waals surface area contributed by atoms with E-state index in [1.54, 1.807) is 37.6 Å². The van der Waals surface area contributed by atoms with Crippen molar-refractivity contribution < 1.29 is 19.1 Å². The Morgan fingerprint density at radius 3 is 2.31 bits per heavy atom. The van der Waals surface area contributed by atoms with Crippen LogP contribution in [0.1, 0.15) is 16.7 Å². The second-order valence-corrected chi connectivity index (χ2v) is 8.56. The Bertz CT molecular complexity index is 1090. The van der Waals surface area contributed by atoms with Crippen molar-refractivity contribution in [2.24, 2.45) is 5.10 Å². The zero-order valence-electron chi connectivity index (χ0n) is 19.6. The standard InChI is InChI=1S/C27H29N3O4S/c1-33-24-11-9-23(10-12-24)19-35-20-27(32)30-29-17-22-7-13-25(14-8-22)34-18-26(31)28-16-15-21-5-3-2-4-6-21/h2-14,17H,15-16,18-20H2,1H3,(H,28,31)(H,30,32)/b29-17+. The van der Waals surface area contributed by atoms with Crippen LogP contribution in [0.15, 0.2) is 84.0 Å². The molecule has 0 bridgehead atoms. The summed E-state index contributed by atoms with van der Waals surface area (Å²) in [5.41, 5.74) is 5.63. The van der Waals surface area contributed by atoms with Gasteiger partial charge in [0.25, 0.3) is 5.91 Å². The molecule has 182 valence electrons. The van der Waals surface area contributed by atoms with Gasteiger partial charge >= 0.3 is 0 Å². The Morgan fingerprint density at radius 1 is 0.886 bits per heavy atom. The van der Waals surface area contributed by atoms with Gasteiger partial charge in [-0.25, -0.2) is 5.43 Å². The molecule has 8 heteroatoms. The summed E-state index contributed by atoms with van der Waals surface area (Å²) < 4.78 is 10.7. The van der Waals surface area contributed by atoms with E-state index < -0.39 is 0 Å². The number of methoxy groups -OCH3 is 1. The highest BCUT2D eigenvalue weighted by Gasteiger charge is 2.04. The van der Waals surface area contributed by atoms with E-state index in [0.29, 0.717) is 18.0 Å². The fourth-order valence-corrected chi connectivity index (χ4v) is 3.82. The molecule has 0 heterocycles. The largest absolute Gasteiger partial charge is 0.497 e. The number of ether oxygens (including phenoxy) is 2. The van der Waals surface area contributed by atoms with E-state index in [1.807, 2.05) is 54.6 Å². The van der Waals surface area contributed by atoms with Crippen LogP contribution in [0.3, 0.4) is 0 Å². The summed E-state index contributed by atoms with van der Waals surface area (Å²) in [7, 11) is 1.63. The Labute approximate surface area is 209 Å². The van der Waals surface area contributed by atoms with Crippen molar-refractivity contribution in [3.63, 3.8) is 0 Å². The molecule has 7 nitrogen and oxygen atoms in total. The average molecular weight is 492 g/mol. The van der Waals surface area contributed by atoms with Crippen molar-refractivity contribution in [1.82, 2.24) is 10.7 Å². The molecule has 0 radical (unpaired) electrons. The molecule has 2 N–H and O–H groups in total. The molecular formula is C27H29N3O4S. The third kappa shape index (κ3) is 9.93. The maximum atomic E-state index is 12.0. The highest BCUT2D eigenvalue weighted by molar-refractivity contribution is 7.99. The zero-order valence-corrected chi connectivity index (χ0v) is 20.4. The van der Waals surface area contributed by atoms with Crippen LogP contribution in [0, 0.1) is 0 Å². The van der Waals surface area contributed by atoms with Crippen LogP contribution in [0.25, 0.3) is 0 Å². The summed E-state index contributed by atoms with van der Waals surface area (Å²) in [4.78, 5) is 23.9. The molecule has 3 rings (SSSR count). The van der Waals surface area contributed by atoms with Crippen LogP contribution < -0.4 is 20.2 Å². The number of nitrogens with zero attached hydrogens (tertiary/aromatic N) is 1. The van der Waals surface area contributed by atoms with E-state index in [2.05, 4.69) is 15.8 Å². The maximum Gasteiger partial charge on any atom is 0.257 e. The van der Waals surface area contributed by atoms with Crippen molar-refractivity contribution in [3.8, 4) is 11.5 Å². The Kier molecular flexibility index (Phi) is 10.7. The number of rotatable bonds is 13. The Morgan fingerprint density at radius 2 is 1.60 bits per heavy atom. The third-order valence-electron chi connectivity index (χ3n) is 4.89. The number of thioether (sulfide) groups is 1. The maximum absolute atomic E-state index is 12.0. The van der Waals surface area contributed by atoms with Crippen LogP contribution in [-0.4, -0.2) is 44.0 Å². The van der Waals surface area contributed by atoms with Gasteiger partial charge in [-0.3, -0.25) is 9.59 Å². The molecule has 0 aromatic heterocycles. The van der Waals surface area contributed by atoms with Gasteiger partial charge in [0.1, 0.15) is 11.5 Å². The van der Waals surface area contributed by atoms with Gasteiger partial charge in [-0.2, -0.15) is 5.10 Å². The minimum absolute atomic E-state index is 0.0491. The molecular weight excluding hydrogens is 462 g/mol. The lowest BCUT2D eigenvalue weighted by atomic mass is 10.1. The number of hydrogen-bond donors (Lipinski definition) is 2. The molecule has 3 aromatic carbocycles. The predicted octanol–water partition coefficient (Wildman–Crippen LogP) is 3.82. The van der Waals surface area contributed by atoms with Gasteiger partial charge in [0, 0.05) is 12.3 Å². The molecule has 35 heavy (non-hydrogen) atoms. The molecule has 0 spiro atoms. The molecule has 0 aliphatic carbocycles. The van der Waals surface area contributed by atoms with Crippen molar-refractivity contribution in [1.29, 1.82) is 0 Å². The second-order valence-electron chi connectivity index (χ2n) is 7.58. The monoisotopic (exact) mass is 491 g/mol. The number of carbonyl (C=O) groups is 2. The summed E-state index contributed by atoms with van der Waals surface area (Å²) in [5.74, 6) is 2.10. The number of amides is 2. The SMILES string of the molecule is COc1ccc(CSCC(=O)N/N=C/c2ccc(OCC(=O)NCCc3ccccc3)cc2)cc1. The van der Waals surface area contributed by atoms with E-state index in [9.17, 15) is 9.59 Å². The number of carbonyl (C=O) groups excluding carboxylic acids is 2. The van der Waals surface area contributed by atoms with Crippen LogP contribution in [-0.2, 0) is 21.8 Å². The molecule has 0 fully saturated rings.